The molecule has 1 N–H and O–H groups in total. The third-order valence-electron chi connectivity index (χ3n) is 5.34. The van der Waals surface area contributed by atoms with Crippen LogP contribution in [-0.4, -0.2) is 38.7 Å². The number of nitrogens with zero attached hydrogens (tertiary/aromatic N) is 4. The summed E-state index contributed by atoms with van der Waals surface area (Å²) in [5.41, 5.74) is 3.20. The van der Waals surface area contributed by atoms with E-state index >= 15 is 0 Å². The van der Waals surface area contributed by atoms with Crippen LogP contribution in [0.2, 0.25) is 0 Å². The normalized spacial score (nSPS) is 15.2. The Hall–Kier alpha value is -3.46. The highest BCUT2D eigenvalue weighted by atomic mass is 32.1. The molecule has 0 spiro atoms. The number of pyridine rings is 1. The molecule has 0 saturated heterocycles. The summed E-state index contributed by atoms with van der Waals surface area (Å²) in [7, 11) is 0. The summed E-state index contributed by atoms with van der Waals surface area (Å²) in [6.07, 6.45) is 4.39. The Kier molecular flexibility index (Phi) is 4.34. The van der Waals surface area contributed by atoms with Gasteiger partial charge in [0.25, 0.3) is 0 Å². The van der Waals surface area contributed by atoms with Crippen molar-refractivity contribution in [1.82, 2.24) is 19.6 Å². The lowest BCUT2D eigenvalue weighted by molar-refractivity contribution is -0.115. The lowest BCUT2D eigenvalue weighted by atomic mass is 10.2. The van der Waals surface area contributed by atoms with Crippen molar-refractivity contribution in [3.63, 3.8) is 0 Å². The molecule has 6 rings (SSSR count). The zero-order chi connectivity index (χ0) is 20.8. The van der Waals surface area contributed by atoms with Crippen molar-refractivity contribution < 1.29 is 14.3 Å². The summed E-state index contributed by atoms with van der Waals surface area (Å²) in [5, 5.41) is 14.2. The SMILES string of the molecule is O=C(Cc1csc(-c2ccc3c(c2)OCCO3)n1)Nc1ccc2nnc(C3CC3)n2c1. The van der Waals surface area contributed by atoms with Crippen LogP contribution in [0.5, 0.6) is 11.5 Å². The Morgan fingerprint density at radius 3 is 2.87 bits per heavy atom. The van der Waals surface area contributed by atoms with Gasteiger partial charge in [-0.15, -0.1) is 21.5 Å². The quantitative estimate of drug-likeness (QED) is 0.516. The predicted molar refractivity (Wildman–Crippen MR) is 116 cm³/mol. The Balaban J connectivity index is 1.16. The van der Waals surface area contributed by atoms with E-state index in [0.29, 0.717) is 19.1 Å². The third kappa shape index (κ3) is 3.61. The number of ether oxygens (including phenoxy) is 2. The van der Waals surface area contributed by atoms with Gasteiger partial charge in [0.05, 0.1) is 17.8 Å². The molecule has 4 aromatic rings. The third-order valence-corrected chi connectivity index (χ3v) is 6.28. The van der Waals surface area contributed by atoms with Gasteiger partial charge in [0.1, 0.15) is 24.0 Å². The van der Waals surface area contributed by atoms with Crippen LogP contribution in [0.15, 0.2) is 41.9 Å². The second-order valence-corrected chi connectivity index (χ2v) is 8.56. The molecule has 1 aromatic carbocycles. The molecule has 1 aliphatic heterocycles. The number of hydrogen-bond acceptors (Lipinski definition) is 7. The first-order valence-electron chi connectivity index (χ1n) is 10.2. The van der Waals surface area contributed by atoms with Crippen molar-refractivity contribution >= 4 is 28.6 Å². The average molecular weight is 433 g/mol. The van der Waals surface area contributed by atoms with Gasteiger partial charge < -0.3 is 14.8 Å². The minimum absolute atomic E-state index is 0.112. The van der Waals surface area contributed by atoms with Gasteiger partial charge in [-0.2, -0.15) is 0 Å². The highest BCUT2D eigenvalue weighted by Gasteiger charge is 2.28. The number of rotatable bonds is 5. The highest BCUT2D eigenvalue weighted by Crippen LogP contribution is 2.39. The van der Waals surface area contributed by atoms with Gasteiger partial charge in [-0.05, 0) is 43.2 Å². The molecule has 4 heterocycles. The van der Waals surface area contributed by atoms with Crippen LogP contribution in [0.25, 0.3) is 16.2 Å². The van der Waals surface area contributed by atoms with Gasteiger partial charge in [-0.3, -0.25) is 9.20 Å². The standard InChI is InChI=1S/C22H19N5O3S/c28-20(23-15-4-6-19-25-26-21(13-1-2-13)27(19)11-15)10-16-12-31-22(24-16)14-3-5-17-18(9-14)30-8-7-29-17/h3-6,9,11-13H,1-2,7-8,10H2,(H,23,28). The van der Waals surface area contributed by atoms with Crippen molar-refractivity contribution in [3.05, 3.63) is 53.4 Å². The first-order valence-corrected chi connectivity index (χ1v) is 11.1. The van der Waals surface area contributed by atoms with E-state index in [2.05, 4.69) is 20.5 Å². The molecule has 3 aromatic heterocycles. The molecule has 0 atom stereocenters. The lowest BCUT2D eigenvalue weighted by Gasteiger charge is -2.18. The number of thiazole rings is 1. The molecule has 0 bridgehead atoms. The Morgan fingerprint density at radius 1 is 1.13 bits per heavy atom. The summed E-state index contributed by atoms with van der Waals surface area (Å²) in [4.78, 5) is 17.2. The van der Waals surface area contributed by atoms with E-state index in [1.807, 2.05) is 46.3 Å². The molecule has 31 heavy (non-hydrogen) atoms. The van der Waals surface area contributed by atoms with E-state index < -0.39 is 0 Å². The molecule has 1 aliphatic carbocycles. The summed E-state index contributed by atoms with van der Waals surface area (Å²) in [6, 6.07) is 9.51. The average Bonchev–Trinajstić information content (AvgIpc) is 3.38. The molecule has 1 saturated carbocycles. The maximum Gasteiger partial charge on any atom is 0.230 e. The van der Waals surface area contributed by atoms with Crippen LogP contribution < -0.4 is 14.8 Å². The first-order chi connectivity index (χ1) is 15.2. The van der Waals surface area contributed by atoms with Gasteiger partial charge in [-0.1, -0.05) is 0 Å². The van der Waals surface area contributed by atoms with Crippen molar-refractivity contribution in [1.29, 1.82) is 0 Å². The second-order valence-electron chi connectivity index (χ2n) is 7.71. The molecule has 0 radical (unpaired) electrons. The summed E-state index contributed by atoms with van der Waals surface area (Å²) in [6.45, 7) is 1.11. The smallest absolute Gasteiger partial charge is 0.230 e. The number of carbonyl (C=O) groups is 1. The van der Waals surface area contributed by atoms with E-state index in [0.717, 1.165) is 57.8 Å². The van der Waals surface area contributed by atoms with Gasteiger partial charge in [0, 0.05) is 23.1 Å². The maximum absolute atomic E-state index is 12.6. The van der Waals surface area contributed by atoms with E-state index in [9.17, 15) is 4.79 Å². The van der Waals surface area contributed by atoms with Crippen LogP contribution in [0.4, 0.5) is 5.69 Å². The zero-order valence-corrected chi connectivity index (χ0v) is 17.4. The number of amides is 1. The Bertz CT molecular complexity index is 1290. The molecule has 9 heteroatoms. The highest BCUT2D eigenvalue weighted by molar-refractivity contribution is 7.13. The number of benzene rings is 1. The van der Waals surface area contributed by atoms with Gasteiger partial charge in [-0.25, -0.2) is 4.98 Å². The van der Waals surface area contributed by atoms with Crippen molar-refractivity contribution in [2.75, 3.05) is 18.5 Å². The molecular formula is C22H19N5O3S. The van der Waals surface area contributed by atoms with Gasteiger partial charge in [0.2, 0.25) is 5.91 Å². The fraction of sp³-hybridized carbons (Fsp3) is 0.273. The Morgan fingerprint density at radius 2 is 2.00 bits per heavy atom. The second kappa shape index (κ2) is 7.35. The topological polar surface area (TPSA) is 90.6 Å². The fourth-order valence-corrected chi connectivity index (χ4v) is 4.49. The van der Waals surface area contributed by atoms with Crippen molar-refractivity contribution in [3.8, 4) is 22.1 Å². The Labute approximate surface area is 181 Å². The number of hydrogen-bond donors (Lipinski definition) is 1. The summed E-state index contributed by atoms with van der Waals surface area (Å²) >= 11 is 1.51. The zero-order valence-electron chi connectivity index (χ0n) is 16.6. The van der Waals surface area contributed by atoms with Crippen LogP contribution in [0.3, 0.4) is 0 Å². The fourth-order valence-electron chi connectivity index (χ4n) is 3.67. The van der Waals surface area contributed by atoms with Crippen molar-refractivity contribution in [2.24, 2.45) is 0 Å². The molecular weight excluding hydrogens is 414 g/mol. The number of aromatic nitrogens is 4. The van der Waals surface area contributed by atoms with Gasteiger partial charge >= 0.3 is 0 Å². The van der Waals surface area contributed by atoms with Crippen LogP contribution >= 0.6 is 11.3 Å². The molecule has 1 amide bonds. The number of anilines is 1. The minimum Gasteiger partial charge on any atom is -0.486 e. The van der Waals surface area contributed by atoms with Crippen LogP contribution in [0, 0.1) is 0 Å². The van der Waals surface area contributed by atoms with Gasteiger partial charge in [0.15, 0.2) is 17.1 Å². The molecule has 156 valence electrons. The molecule has 8 nitrogen and oxygen atoms in total. The minimum atomic E-state index is -0.112. The number of fused-ring (bicyclic) bond motifs is 2. The van der Waals surface area contributed by atoms with Crippen LogP contribution in [-0.2, 0) is 11.2 Å². The maximum atomic E-state index is 12.6. The van der Waals surface area contributed by atoms with E-state index in [1.54, 1.807) is 0 Å². The summed E-state index contributed by atoms with van der Waals surface area (Å²) in [5.74, 6) is 2.82. The van der Waals surface area contributed by atoms with Crippen LogP contribution in [0.1, 0.15) is 30.3 Å². The largest absolute Gasteiger partial charge is 0.486 e. The number of nitrogens with one attached hydrogen (secondary N) is 1. The predicted octanol–water partition coefficient (Wildman–Crippen LogP) is 3.68. The molecule has 0 unspecified atom stereocenters. The number of carbonyl (C=O) groups excluding carboxylic acids is 1. The first kappa shape index (κ1) is 18.3. The van der Waals surface area contributed by atoms with Crippen molar-refractivity contribution in [2.45, 2.75) is 25.2 Å². The molecule has 1 fully saturated rings. The summed E-state index contributed by atoms with van der Waals surface area (Å²) < 4.78 is 13.2. The lowest BCUT2D eigenvalue weighted by Crippen LogP contribution is -2.15. The van der Waals surface area contributed by atoms with E-state index in [-0.39, 0.29) is 12.3 Å². The molecule has 2 aliphatic rings. The monoisotopic (exact) mass is 433 g/mol. The van der Waals surface area contributed by atoms with E-state index in [1.165, 1.54) is 11.3 Å². The van der Waals surface area contributed by atoms with E-state index in [4.69, 9.17) is 9.47 Å².